The summed E-state index contributed by atoms with van der Waals surface area (Å²) < 4.78 is 5.94. The number of nitrogens with one attached hydrogen (secondary N) is 2. The fourth-order valence-electron chi connectivity index (χ4n) is 2.90. The molecule has 0 spiro atoms. The van der Waals surface area contributed by atoms with E-state index in [1.807, 2.05) is 43.3 Å². The predicted molar refractivity (Wildman–Crippen MR) is 109 cm³/mol. The van der Waals surface area contributed by atoms with E-state index in [4.69, 9.17) is 17.0 Å². The van der Waals surface area contributed by atoms with Crippen LogP contribution in [0.5, 0.6) is 11.6 Å². The Balaban J connectivity index is 1.86. The van der Waals surface area contributed by atoms with Gasteiger partial charge in [0.05, 0.1) is 0 Å². The van der Waals surface area contributed by atoms with Crippen molar-refractivity contribution in [2.75, 3.05) is 29.9 Å². The summed E-state index contributed by atoms with van der Waals surface area (Å²) in [4.78, 5) is 11.4. The monoisotopic (exact) mass is 371 g/mol. The average Bonchev–Trinajstić information content (AvgIpc) is 2.92. The van der Waals surface area contributed by atoms with Gasteiger partial charge >= 0.3 is 0 Å². The Morgan fingerprint density at radius 2 is 1.85 bits per heavy atom. The predicted octanol–water partition coefficient (Wildman–Crippen LogP) is 3.96. The van der Waals surface area contributed by atoms with Crippen LogP contribution in [0.4, 0.5) is 11.8 Å². The average molecular weight is 372 g/mol. The molecule has 7 heteroatoms. The second kappa shape index (κ2) is 9.33. The van der Waals surface area contributed by atoms with Gasteiger partial charge in [-0.1, -0.05) is 31.0 Å². The van der Waals surface area contributed by atoms with Crippen molar-refractivity contribution in [3.63, 3.8) is 0 Å². The van der Waals surface area contributed by atoms with Gasteiger partial charge in [0.15, 0.2) is 5.11 Å². The van der Waals surface area contributed by atoms with E-state index < -0.39 is 0 Å². The number of anilines is 2. The van der Waals surface area contributed by atoms with Gasteiger partial charge in [0.1, 0.15) is 11.6 Å². The molecule has 0 aliphatic carbocycles. The van der Waals surface area contributed by atoms with Gasteiger partial charge in [-0.3, -0.25) is 0 Å². The first-order valence-corrected chi connectivity index (χ1v) is 9.57. The molecule has 26 heavy (non-hydrogen) atoms. The minimum atomic E-state index is 0.448. The zero-order valence-corrected chi connectivity index (χ0v) is 15.9. The molecular formula is C19H25N5OS. The van der Waals surface area contributed by atoms with E-state index in [2.05, 4.69) is 25.5 Å². The van der Waals surface area contributed by atoms with E-state index in [0.29, 0.717) is 16.9 Å². The molecule has 1 saturated heterocycles. The summed E-state index contributed by atoms with van der Waals surface area (Å²) in [6.07, 6.45) is 4.89. The lowest BCUT2D eigenvalue weighted by Crippen LogP contribution is -2.30. The quantitative estimate of drug-likeness (QED) is 0.772. The van der Waals surface area contributed by atoms with Gasteiger partial charge in [-0.2, -0.15) is 9.97 Å². The van der Waals surface area contributed by atoms with Crippen molar-refractivity contribution in [1.29, 1.82) is 0 Å². The van der Waals surface area contributed by atoms with E-state index in [9.17, 15) is 0 Å². The van der Waals surface area contributed by atoms with Crippen LogP contribution in [0.1, 0.15) is 32.6 Å². The molecule has 2 aromatic rings. The number of thiocarbonyl (C=S) groups is 1. The maximum atomic E-state index is 5.94. The molecule has 6 nitrogen and oxygen atoms in total. The molecule has 1 aliphatic heterocycles. The summed E-state index contributed by atoms with van der Waals surface area (Å²) >= 11 is 5.27. The lowest BCUT2D eigenvalue weighted by Gasteiger charge is -2.22. The number of rotatable bonds is 5. The SMILES string of the molecule is CCNC(=S)Nc1nc(Oc2ccccc2)cc(N2CCCCCC2)n1. The third-order valence-electron chi connectivity index (χ3n) is 4.15. The standard InChI is InChI=1S/C19H25N5OS/c1-2-20-19(26)23-18-21-16(24-12-8-3-4-9-13-24)14-17(22-18)25-15-10-6-5-7-11-15/h5-7,10-11,14H,2-4,8-9,12-13H2,1H3,(H2,20,21,22,23,26). The van der Waals surface area contributed by atoms with Crippen LogP contribution in [0, 0.1) is 0 Å². The molecular weight excluding hydrogens is 346 g/mol. The summed E-state index contributed by atoms with van der Waals surface area (Å²) in [5.74, 6) is 2.57. The highest BCUT2D eigenvalue weighted by atomic mass is 32.1. The first-order chi connectivity index (χ1) is 12.7. The zero-order valence-electron chi connectivity index (χ0n) is 15.1. The fraction of sp³-hybridized carbons (Fsp3) is 0.421. The molecule has 0 atom stereocenters. The van der Waals surface area contributed by atoms with Crippen molar-refractivity contribution in [2.24, 2.45) is 0 Å². The molecule has 0 unspecified atom stereocenters. The Hall–Kier alpha value is -2.41. The van der Waals surface area contributed by atoms with Gasteiger partial charge in [-0.15, -0.1) is 0 Å². The van der Waals surface area contributed by atoms with Gasteiger partial charge in [-0.05, 0) is 44.1 Å². The largest absolute Gasteiger partial charge is 0.439 e. The van der Waals surface area contributed by atoms with Crippen LogP contribution in [-0.2, 0) is 0 Å². The number of para-hydroxylation sites is 1. The van der Waals surface area contributed by atoms with Gasteiger partial charge in [0, 0.05) is 25.7 Å². The Morgan fingerprint density at radius 3 is 2.54 bits per heavy atom. The minimum absolute atomic E-state index is 0.448. The Kier molecular flexibility index (Phi) is 6.60. The summed E-state index contributed by atoms with van der Waals surface area (Å²) in [5, 5.41) is 6.62. The zero-order chi connectivity index (χ0) is 18.2. The highest BCUT2D eigenvalue weighted by molar-refractivity contribution is 7.80. The topological polar surface area (TPSA) is 62.3 Å². The molecule has 2 N–H and O–H groups in total. The third kappa shape index (κ3) is 5.29. The van der Waals surface area contributed by atoms with Crippen molar-refractivity contribution in [3.8, 4) is 11.6 Å². The van der Waals surface area contributed by atoms with Crippen molar-refractivity contribution in [1.82, 2.24) is 15.3 Å². The summed E-state index contributed by atoms with van der Waals surface area (Å²) in [6, 6.07) is 11.5. The molecule has 2 heterocycles. The Morgan fingerprint density at radius 1 is 1.12 bits per heavy atom. The highest BCUT2D eigenvalue weighted by Gasteiger charge is 2.15. The molecule has 1 aromatic heterocycles. The highest BCUT2D eigenvalue weighted by Crippen LogP contribution is 2.26. The molecule has 1 fully saturated rings. The number of ether oxygens (including phenoxy) is 1. The van der Waals surface area contributed by atoms with Gasteiger partial charge < -0.3 is 20.3 Å². The molecule has 3 rings (SSSR count). The lowest BCUT2D eigenvalue weighted by molar-refractivity contribution is 0.462. The number of nitrogens with zero attached hydrogens (tertiary/aromatic N) is 3. The molecule has 0 bridgehead atoms. The molecule has 138 valence electrons. The second-order valence-corrected chi connectivity index (χ2v) is 6.60. The van der Waals surface area contributed by atoms with Crippen molar-refractivity contribution >= 4 is 29.1 Å². The lowest BCUT2D eigenvalue weighted by atomic mass is 10.2. The normalized spacial score (nSPS) is 14.4. The van der Waals surface area contributed by atoms with Crippen molar-refractivity contribution in [2.45, 2.75) is 32.6 Å². The first kappa shape index (κ1) is 18.4. The van der Waals surface area contributed by atoms with E-state index in [0.717, 1.165) is 31.2 Å². The number of hydrogen-bond donors (Lipinski definition) is 2. The summed E-state index contributed by atoms with van der Waals surface area (Å²) in [5.41, 5.74) is 0. The van der Waals surface area contributed by atoms with Crippen LogP contribution in [0.15, 0.2) is 36.4 Å². The van der Waals surface area contributed by atoms with E-state index in [-0.39, 0.29) is 0 Å². The maximum Gasteiger partial charge on any atom is 0.234 e. The second-order valence-electron chi connectivity index (χ2n) is 6.19. The Bertz CT molecular complexity index is 717. The van der Waals surface area contributed by atoms with E-state index in [1.165, 1.54) is 25.7 Å². The minimum Gasteiger partial charge on any atom is -0.439 e. The Labute approximate surface area is 160 Å². The molecule has 1 aliphatic rings. The molecule has 0 amide bonds. The van der Waals surface area contributed by atoms with Gasteiger partial charge in [0.2, 0.25) is 11.8 Å². The smallest absolute Gasteiger partial charge is 0.234 e. The molecule has 1 aromatic carbocycles. The molecule has 0 saturated carbocycles. The summed E-state index contributed by atoms with van der Waals surface area (Å²) in [6.45, 7) is 4.73. The van der Waals surface area contributed by atoms with Crippen LogP contribution in [0.3, 0.4) is 0 Å². The van der Waals surface area contributed by atoms with Crippen molar-refractivity contribution in [3.05, 3.63) is 36.4 Å². The van der Waals surface area contributed by atoms with Crippen LogP contribution in [0.2, 0.25) is 0 Å². The number of hydrogen-bond acceptors (Lipinski definition) is 5. The van der Waals surface area contributed by atoms with Gasteiger partial charge in [0.25, 0.3) is 0 Å². The van der Waals surface area contributed by atoms with Crippen molar-refractivity contribution < 1.29 is 4.74 Å². The van der Waals surface area contributed by atoms with E-state index in [1.54, 1.807) is 0 Å². The fourth-order valence-corrected chi connectivity index (χ4v) is 3.13. The van der Waals surface area contributed by atoms with Crippen LogP contribution in [0.25, 0.3) is 0 Å². The molecule has 0 radical (unpaired) electrons. The van der Waals surface area contributed by atoms with E-state index >= 15 is 0 Å². The van der Waals surface area contributed by atoms with Gasteiger partial charge in [-0.25, -0.2) is 0 Å². The van der Waals surface area contributed by atoms with Crippen LogP contribution >= 0.6 is 12.2 Å². The number of aromatic nitrogens is 2. The maximum absolute atomic E-state index is 5.94. The summed E-state index contributed by atoms with van der Waals surface area (Å²) in [7, 11) is 0. The van der Waals surface area contributed by atoms with Crippen LogP contribution in [-0.4, -0.2) is 34.7 Å². The van der Waals surface area contributed by atoms with Crippen LogP contribution < -0.4 is 20.3 Å². The first-order valence-electron chi connectivity index (χ1n) is 9.16. The number of benzene rings is 1. The third-order valence-corrected chi connectivity index (χ3v) is 4.39.